The van der Waals surface area contributed by atoms with Gasteiger partial charge in [-0.15, -0.1) is 11.3 Å². The van der Waals surface area contributed by atoms with E-state index in [0.717, 1.165) is 10.7 Å². The molecular formula is C20H20FN3O3S. The van der Waals surface area contributed by atoms with Gasteiger partial charge in [0.25, 0.3) is 0 Å². The summed E-state index contributed by atoms with van der Waals surface area (Å²) in [6.07, 6.45) is 0.881. The maximum Gasteiger partial charge on any atom is 0.412 e. The summed E-state index contributed by atoms with van der Waals surface area (Å²) < 4.78 is 25.2. The summed E-state index contributed by atoms with van der Waals surface area (Å²) in [5, 5.41) is 5.24. The number of hydrogen-bond donors (Lipinski definition) is 1. The van der Waals surface area contributed by atoms with Gasteiger partial charge in [-0.2, -0.15) is 0 Å². The highest BCUT2D eigenvalue weighted by atomic mass is 32.1. The molecule has 0 radical (unpaired) electrons. The number of anilines is 1. The van der Waals surface area contributed by atoms with Gasteiger partial charge in [-0.05, 0) is 45.9 Å². The molecule has 8 heteroatoms. The number of aryl methyl sites for hydroxylation is 1. The zero-order chi connectivity index (χ0) is 20.3. The smallest absolute Gasteiger partial charge is 0.412 e. The highest BCUT2D eigenvalue weighted by Crippen LogP contribution is 2.28. The lowest BCUT2D eigenvalue weighted by atomic mass is 10.2. The van der Waals surface area contributed by atoms with Crippen LogP contribution in [-0.4, -0.2) is 21.7 Å². The molecule has 3 rings (SSSR count). The van der Waals surface area contributed by atoms with Gasteiger partial charge in [0, 0.05) is 23.7 Å². The van der Waals surface area contributed by atoms with Gasteiger partial charge in [0.15, 0.2) is 5.82 Å². The largest absolute Gasteiger partial charge is 0.457 e. The Kier molecular flexibility index (Phi) is 5.60. The number of pyridine rings is 1. The topological polar surface area (TPSA) is 73.3 Å². The number of aromatic nitrogens is 2. The van der Waals surface area contributed by atoms with E-state index in [9.17, 15) is 9.18 Å². The first-order chi connectivity index (χ1) is 13.2. The second-order valence-electron chi connectivity index (χ2n) is 7.00. The first kappa shape index (κ1) is 19.8. The van der Waals surface area contributed by atoms with Crippen LogP contribution in [0.3, 0.4) is 0 Å². The Morgan fingerprint density at radius 1 is 1.14 bits per heavy atom. The van der Waals surface area contributed by atoms with Crippen molar-refractivity contribution >= 4 is 23.1 Å². The molecular weight excluding hydrogens is 381 g/mol. The monoisotopic (exact) mass is 401 g/mol. The van der Waals surface area contributed by atoms with Crippen molar-refractivity contribution in [3.05, 3.63) is 52.7 Å². The molecule has 0 fully saturated rings. The van der Waals surface area contributed by atoms with Crippen LogP contribution >= 0.6 is 11.3 Å². The van der Waals surface area contributed by atoms with Crippen LogP contribution in [0.25, 0.3) is 11.4 Å². The van der Waals surface area contributed by atoms with Crippen molar-refractivity contribution in [3.63, 3.8) is 0 Å². The van der Waals surface area contributed by atoms with Gasteiger partial charge in [0.1, 0.15) is 17.1 Å². The Balaban J connectivity index is 1.72. The van der Waals surface area contributed by atoms with Crippen LogP contribution in [0.5, 0.6) is 11.5 Å². The van der Waals surface area contributed by atoms with E-state index in [1.807, 2.05) is 12.3 Å². The number of hydrogen-bond acceptors (Lipinski definition) is 6. The summed E-state index contributed by atoms with van der Waals surface area (Å²) in [7, 11) is 0. The Morgan fingerprint density at radius 3 is 2.54 bits per heavy atom. The average Bonchev–Trinajstić information content (AvgIpc) is 3.02. The molecule has 1 aromatic carbocycles. The molecule has 0 spiro atoms. The Bertz CT molecular complexity index is 998. The number of amides is 1. The van der Waals surface area contributed by atoms with Gasteiger partial charge >= 0.3 is 6.09 Å². The molecule has 28 heavy (non-hydrogen) atoms. The van der Waals surface area contributed by atoms with Gasteiger partial charge in [-0.3, -0.25) is 10.3 Å². The van der Waals surface area contributed by atoms with E-state index in [-0.39, 0.29) is 5.69 Å². The van der Waals surface area contributed by atoms with Crippen LogP contribution < -0.4 is 10.1 Å². The molecule has 0 saturated carbocycles. The maximum atomic E-state index is 14.3. The van der Waals surface area contributed by atoms with Crippen molar-refractivity contribution in [2.75, 3.05) is 5.32 Å². The fraction of sp³-hybridized carbons (Fsp3) is 0.250. The standard InChI is InChI=1S/C20H20FN3O3S/c1-12-23-18(11-28-12)17-10-14(7-8-22-17)26-13-5-6-16(15(21)9-13)24-19(25)27-20(2,3)4/h5-11H,1-4H3,(H,24,25). The number of rotatable bonds is 4. The van der Waals surface area contributed by atoms with Crippen LogP contribution in [0, 0.1) is 12.7 Å². The highest BCUT2D eigenvalue weighted by molar-refractivity contribution is 7.09. The minimum absolute atomic E-state index is 0.00923. The molecule has 1 amide bonds. The molecule has 146 valence electrons. The predicted octanol–water partition coefficient (Wildman–Crippen LogP) is 5.79. The van der Waals surface area contributed by atoms with Crippen molar-refractivity contribution in [2.45, 2.75) is 33.3 Å². The number of nitrogens with zero attached hydrogens (tertiary/aromatic N) is 2. The fourth-order valence-electron chi connectivity index (χ4n) is 2.31. The third-order valence-electron chi connectivity index (χ3n) is 3.42. The lowest BCUT2D eigenvalue weighted by molar-refractivity contribution is 0.0635. The molecule has 6 nitrogen and oxygen atoms in total. The number of benzene rings is 1. The molecule has 3 aromatic rings. The second-order valence-corrected chi connectivity index (χ2v) is 8.06. The molecule has 2 aromatic heterocycles. The summed E-state index contributed by atoms with van der Waals surface area (Å²) in [6, 6.07) is 7.58. The summed E-state index contributed by atoms with van der Waals surface area (Å²) in [4.78, 5) is 20.5. The third kappa shape index (κ3) is 5.26. The molecule has 0 aliphatic rings. The van der Waals surface area contributed by atoms with Gasteiger partial charge in [-0.1, -0.05) is 0 Å². The molecule has 0 unspecified atom stereocenters. The van der Waals surface area contributed by atoms with Gasteiger partial charge in [0.2, 0.25) is 0 Å². The lowest BCUT2D eigenvalue weighted by Gasteiger charge is -2.19. The minimum atomic E-state index is -0.725. The van der Waals surface area contributed by atoms with E-state index in [2.05, 4.69) is 15.3 Å². The van der Waals surface area contributed by atoms with Crippen LogP contribution in [0.15, 0.2) is 41.9 Å². The molecule has 0 aliphatic carbocycles. The molecule has 1 N–H and O–H groups in total. The summed E-state index contributed by atoms with van der Waals surface area (Å²) >= 11 is 1.53. The van der Waals surface area contributed by atoms with Crippen molar-refractivity contribution in [2.24, 2.45) is 0 Å². The molecule has 0 saturated heterocycles. The molecule has 0 bridgehead atoms. The number of carbonyl (C=O) groups excluding carboxylic acids is 1. The van der Waals surface area contributed by atoms with Crippen molar-refractivity contribution in [1.29, 1.82) is 0 Å². The summed E-state index contributed by atoms with van der Waals surface area (Å²) in [5.41, 5.74) is 0.773. The molecule has 0 aliphatic heterocycles. The van der Waals surface area contributed by atoms with Crippen molar-refractivity contribution in [3.8, 4) is 22.9 Å². The Morgan fingerprint density at radius 2 is 1.89 bits per heavy atom. The number of ether oxygens (including phenoxy) is 2. The second kappa shape index (κ2) is 7.93. The predicted molar refractivity (Wildman–Crippen MR) is 106 cm³/mol. The number of carbonyl (C=O) groups is 1. The van der Waals surface area contributed by atoms with Crippen molar-refractivity contribution in [1.82, 2.24) is 9.97 Å². The van der Waals surface area contributed by atoms with E-state index in [0.29, 0.717) is 17.2 Å². The van der Waals surface area contributed by atoms with E-state index >= 15 is 0 Å². The van der Waals surface area contributed by atoms with Crippen LogP contribution in [-0.2, 0) is 4.74 Å². The number of thiazole rings is 1. The van der Waals surface area contributed by atoms with Gasteiger partial charge in [-0.25, -0.2) is 14.2 Å². The van der Waals surface area contributed by atoms with Crippen LogP contribution in [0.1, 0.15) is 25.8 Å². The SMILES string of the molecule is Cc1nc(-c2cc(Oc3ccc(NC(=O)OC(C)(C)C)c(F)c3)ccn2)cs1. The Labute approximate surface area is 166 Å². The van der Waals surface area contributed by atoms with Gasteiger partial charge < -0.3 is 9.47 Å². The van der Waals surface area contributed by atoms with E-state index in [1.165, 1.54) is 23.5 Å². The first-order valence-electron chi connectivity index (χ1n) is 8.55. The third-order valence-corrected chi connectivity index (χ3v) is 4.20. The highest BCUT2D eigenvalue weighted by Gasteiger charge is 2.17. The zero-order valence-corrected chi connectivity index (χ0v) is 16.8. The molecule has 2 heterocycles. The average molecular weight is 401 g/mol. The quantitative estimate of drug-likeness (QED) is 0.599. The first-order valence-corrected chi connectivity index (χ1v) is 9.43. The van der Waals surface area contributed by atoms with E-state index in [4.69, 9.17) is 9.47 Å². The normalized spacial score (nSPS) is 11.2. The van der Waals surface area contributed by atoms with Crippen molar-refractivity contribution < 1.29 is 18.7 Å². The molecule has 0 atom stereocenters. The van der Waals surface area contributed by atoms with Gasteiger partial charge in [0.05, 0.1) is 22.1 Å². The number of nitrogens with one attached hydrogen (secondary N) is 1. The lowest BCUT2D eigenvalue weighted by Crippen LogP contribution is -2.27. The van der Waals surface area contributed by atoms with E-state index < -0.39 is 17.5 Å². The fourth-order valence-corrected chi connectivity index (χ4v) is 2.91. The zero-order valence-electron chi connectivity index (χ0n) is 15.9. The van der Waals surface area contributed by atoms with Crippen LogP contribution in [0.2, 0.25) is 0 Å². The maximum absolute atomic E-state index is 14.3. The Hall–Kier alpha value is -3.00. The summed E-state index contributed by atoms with van der Waals surface area (Å²) in [6.45, 7) is 7.12. The minimum Gasteiger partial charge on any atom is -0.457 e. The summed E-state index contributed by atoms with van der Waals surface area (Å²) in [5.74, 6) is 0.162. The number of halogens is 1. The van der Waals surface area contributed by atoms with Crippen LogP contribution in [0.4, 0.5) is 14.9 Å². The van der Waals surface area contributed by atoms with E-state index in [1.54, 1.807) is 45.2 Å².